The van der Waals surface area contributed by atoms with Crippen LogP contribution in [-0.2, 0) is 4.57 Å². The van der Waals surface area contributed by atoms with E-state index in [2.05, 4.69) is 4.98 Å². The van der Waals surface area contributed by atoms with Crippen LogP contribution in [-0.4, -0.2) is 4.98 Å². The maximum Gasteiger partial charge on any atom is 0.170 e. The molecule has 0 amide bonds. The molecule has 0 N–H and O–H groups in total. The van der Waals surface area contributed by atoms with Gasteiger partial charge in [0.05, 0.1) is 0 Å². The molecule has 0 bridgehead atoms. The highest BCUT2D eigenvalue weighted by molar-refractivity contribution is 7.46. The van der Waals surface area contributed by atoms with Crippen molar-refractivity contribution in [3.8, 4) is 0 Å². The van der Waals surface area contributed by atoms with Gasteiger partial charge in [-0.05, 0) is 0 Å². The van der Waals surface area contributed by atoms with Gasteiger partial charge in [0.25, 0.3) is 0 Å². The van der Waals surface area contributed by atoms with Gasteiger partial charge in [-0.2, -0.15) is 0 Å². The molecule has 0 saturated heterocycles. The minimum atomic E-state index is -0.388. The molecule has 0 aromatic carbocycles. The third-order valence-corrected chi connectivity index (χ3v) is 2.01. The lowest BCUT2D eigenvalue weighted by Crippen LogP contribution is -1.82. The summed E-state index contributed by atoms with van der Waals surface area (Å²) in [5, 5.41) is 1.81. The molecule has 1 atom stereocenters. The van der Waals surface area contributed by atoms with Gasteiger partial charge < -0.3 is 0 Å². The summed E-state index contributed by atoms with van der Waals surface area (Å²) in [6, 6.07) is 0. The molecule has 0 saturated carbocycles. The molecule has 0 spiro atoms. The van der Waals surface area contributed by atoms with E-state index in [0.717, 1.165) is 0 Å². The molecule has 1 heterocycles. The van der Waals surface area contributed by atoms with Crippen molar-refractivity contribution in [3.63, 3.8) is 0 Å². The predicted molar refractivity (Wildman–Crippen MR) is 30.7 cm³/mol. The van der Waals surface area contributed by atoms with Gasteiger partial charge in [0.2, 0.25) is 0 Å². The Morgan fingerprint density at radius 3 is 3.00 bits per heavy atom. The maximum absolute atomic E-state index is 9.97. The maximum atomic E-state index is 9.97. The number of hydrogen-bond acceptors (Lipinski definition) is 3. The summed E-state index contributed by atoms with van der Waals surface area (Å²) in [7, 11) is -0.388. The monoisotopic (exact) mass is 132 g/mol. The first-order chi connectivity index (χ1) is 3.43. The van der Waals surface area contributed by atoms with E-state index in [9.17, 15) is 4.57 Å². The number of nitrogens with zero attached hydrogens (tertiary/aromatic N) is 1. The van der Waals surface area contributed by atoms with Crippen LogP contribution in [0, 0.1) is 0 Å². The highest BCUT2D eigenvalue weighted by Crippen LogP contribution is 1.97. The van der Waals surface area contributed by atoms with Gasteiger partial charge in [0.15, 0.2) is 4.75 Å². The van der Waals surface area contributed by atoms with Crippen molar-refractivity contribution in [2.75, 3.05) is 0 Å². The minimum absolute atomic E-state index is 0.388. The number of aromatic nitrogens is 1. The van der Waals surface area contributed by atoms with Crippen LogP contribution in [0.5, 0.6) is 0 Å². The van der Waals surface area contributed by atoms with E-state index in [0.29, 0.717) is 4.75 Å². The molecule has 2 nitrogen and oxygen atoms in total. The van der Waals surface area contributed by atoms with E-state index in [-0.39, 0.29) is 8.46 Å². The normalized spacial score (nSPS) is 9.71. The lowest BCUT2D eigenvalue weighted by atomic mass is 11.0. The highest BCUT2D eigenvalue weighted by atomic mass is 32.1. The van der Waals surface area contributed by atoms with Crippen molar-refractivity contribution in [3.05, 3.63) is 11.6 Å². The Hall–Kier alpha value is -0.270. The summed E-state index contributed by atoms with van der Waals surface area (Å²) in [6.07, 6.45) is 1.64. The molecule has 1 rings (SSSR count). The molecule has 0 aliphatic heterocycles. The van der Waals surface area contributed by atoms with Gasteiger partial charge >= 0.3 is 0 Å². The Bertz CT molecular complexity index is 150. The van der Waals surface area contributed by atoms with E-state index < -0.39 is 0 Å². The van der Waals surface area contributed by atoms with Crippen LogP contribution < -0.4 is 4.75 Å². The SMILES string of the molecule is O=[PH]c1nccs1. The van der Waals surface area contributed by atoms with Crippen LogP contribution in [0.2, 0.25) is 0 Å². The fourth-order valence-corrected chi connectivity index (χ4v) is 1.17. The summed E-state index contributed by atoms with van der Waals surface area (Å²) in [5.74, 6) is 0. The zero-order valence-corrected chi connectivity index (χ0v) is 5.23. The quantitative estimate of drug-likeness (QED) is 0.529. The summed E-state index contributed by atoms with van der Waals surface area (Å²) in [6.45, 7) is 0. The molecule has 0 fully saturated rings. The van der Waals surface area contributed by atoms with E-state index in [1.165, 1.54) is 11.3 Å². The first kappa shape index (κ1) is 4.88. The summed E-state index contributed by atoms with van der Waals surface area (Å²) >= 11 is 1.41. The molecule has 37 valence electrons. The molecule has 4 heteroatoms. The first-order valence-corrected chi connectivity index (χ1v) is 3.50. The average Bonchev–Trinajstić information content (AvgIpc) is 2.14. The van der Waals surface area contributed by atoms with E-state index >= 15 is 0 Å². The van der Waals surface area contributed by atoms with Crippen molar-refractivity contribution in [2.45, 2.75) is 0 Å². The van der Waals surface area contributed by atoms with Gasteiger partial charge in [0.1, 0.15) is 8.46 Å². The molecule has 1 aromatic heterocycles. The highest BCUT2D eigenvalue weighted by Gasteiger charge is 1.84. The van der Waals surface area contributed by atoms with Crippen LogP contribution in [0.1, 0.15) is 0 Å². The summed E-state index contributed by atoms with van der Waals surface area (Å²) in [4.78, 5) is 3.75. The van der Waals surface area contributed by atoms with Crippen LogP contribution in [0.4, 0.5) is 0 Å². The lowest BCUT2D eigenvalue weighted by Gasteiger charge is -1.65. The van der Waals surface area contributed by atoms with Crippen LogP contribution in [0.15, 0.2) is 11.6 Å². The third kappa shape index (κ3) is 1.05. The van der Waals surface area contributed by atoms with Crippen LogP contribution >= 0.6 is 19.8 Å². The van der Waals surface area contributed by atoms with Crippen molar-refractivity contribution >= 4 is 24.5 Å². The molecule has 0 aliphatic rings. The second kappa shape index (κ2) is 2.15. The summed E-state index contributed by atoms with van der Waals surface area (Å²) in [5.41, 5.74) is 0. The molecule has 0 aliphatic carbocycles. The van der Waals surface area contributed by atoms with Crippen LogP contribution in [0.25, 0.3) is 0 Å². The van der Waals surface area contributed by atoms with Crippen molar-refractivity contribution < 1.29 is 4.57 Å². The smallest absolute Gasteiger partial charge is 0.170 e. The average molecular weight is 132 g/mol. The van der Waals surface area contributed by atoms with Gasteiger partial charge in [-0.3, -0.25) is 4.57 Å². The Morgan fingerprint density at radius 1 is 1.86 bits per heavy atom. The minimum Gasteiger partial charge on any atom is -0.283 e. The van der Waals surface area contributed by atoms with Crippen molar-refractivity contribution in [1.29, 1.82) is 0 Å². The van der Waals surface area contributed by atoms with Gasteiger partial charge in [-0.25, -0.2) is 4.98 Å². The number of hydrogen-bond donors (Lipinski definition) is 0. The molecule has 1 unspecified atom stereocenters. The standard InChI is InChI=1S/C3H3NOPS/c5-6-3-4-1-2-7-3/h1-2,6H. The fourth-order valence-electron chi connectivity index (χ4n) is 0.274. The van der Waals surface area contributed by atoms with E-state index in [4.69, 9.17) is 0 Å². The third-order valence-electron chi connectivity index (χ3n) is 0.520. The van der Waals surface area contributed by atoms with Gasteiger partial charge in [-0.15, -0.1) is 11.3 Å². The molecule has 1 aromatic rings. The van der Waals surface area contributed by atoms with E-state index in [1.54, 1.807) is 11.6 Å². The number of thiazole rings is 1. The van der Waals surface area contributed by atoms with Gasteiger partial charge in [0, 0.05) is 11.6 Å². The Kier molecular flexibility index (Phi) is 1.50. The Balaban J connectivity index is 2.96. The van der Waals surface area contributed by atoms with Crippen molar-refractivity contribution in [1.82, 2.24) is 4.98 Å². The second-order valence-electron chi connectivity index (χ2n) is 0.939. The second-order valence-corrected chi connectivity index (χ2v) is 2.87. The number of rotatable bonds is 1. The zero-order chi connectivity index (χ0) is 5.11. The lowest BCUT2D eigenvalue weighted by molar-refractivity contribution is 0.603. The van der Waals surface area contributed by atoms with Crippen LogP contribution in [0.3, 0.4) is 0 Å². The predicted octanol–water partition coefficient (Wildman–Crippen LogP) is 0.792. The fraction of sp³-hybridized carbons (Fsp3) is 0. The Labute approximate surface area is 46.4 Å². The van der Waals surface area contributed by atoms with Crippen molar-refractivity contribution in [2.24, 2.45) is 0 Å². The topological polar surface area (TPSA) is 30.0 Å². The molecular formula is C3H3NOPS. The Morgan fingerprint density at radius 2 is 2.71 bits per heavy atom. The molecule has 7 heavy (non-hydrogen) atoms. The van der Waals surface area contributed by atoms with Gasteiger partial charge in [-0.1, -0.05) is 0 Å². The summed E-state index contributed by atoms with van der Waals surface area (Å²) < 4.78 is 10.7. The molecule has 1 radical (unpaired) electrons. The van der Waals surface area contributed by atoms with E-state index in [1.807, 2.05) is 0 Å². The largest absolute Gasteiger partial charge is 0.283 e. The molecular weight excluding hydrogens is 129 g/mol. The zero-order valence-electron chi connectivity index (χ0n) is 3.42. The first-order valence-electron chi connectivity index (χ1n) is 1.71.